The zero-order chi connectivity index (χ0) is 51.2. The molecule has 4 fully saturated rings. The molecule has 0 aromatic heterocycles. The number of halogens is 4. The average Bonchev–Trinajstić information content (AvgIpc) is 3.40. The number of nitrogens with one attached hydrogen (secondary N) is 2. The van der Waals surface area contributed by atoms with Crippen molar-refractivity contribution in [2.75, 3.05) is 124 Å². The van der Waals surface area contributed by atoms with Gasteiger partial charge in [-0.2, -0.15) is 5.26 Å². The molecule has 6 rings (SSSR count). The number of hydrogen-bond acceptors (Lipinski definition) is 10. The first-order valence-electron chi connectivity index (χ1n) is 25.3. The minimum atomic E-state index is -0.508. The van der Waals surface area contributed by atoms with Gasteiger partial charge < -0.3 is 34.8 Å². The molecule has 0 atom stereocenters. The van der Waals surface area contributed by atoms with E-state index >= 15 is 0 Å². The van der Waals surface area contributed by atoms with Gasteiger partial charge in [0.25, 0.3) is 0 Å². The Morgan fingerprint density at radius 2 is 0.985 bits per heavy atom. The fraction of sp³-hybridized carbons (Fsp3) is 0.717. The standard InChI is InChI=1S/C19H28N2O2.C12H17NO.2C6H15N.C5H11N.C2H2Cl2O.C2H3N.CH2Cl2/c1-23-18-8-4-3-7-17(18)16-9-13-21(14-10-16)19(22)15-20-11-5-2-6-12-20;1-14-12-5-3-2-4-11(12)10-6-8-13-9-7-10;2*1-4-7(5-2)6-3;1-2-4-6-5-3-1;3-1-2(4)5;1-2-3;2-1-3/h3-4,7-8,16H,2,5-6,9-15H2,1H3;2-5,10,13H,6-9H2,1H3;2*4-6H2,1-3H3;6H,1-5H2;1H2;1H3;1H2. The molecule has 11 nitrogen and oxygen atoms in total. The molecular weight excluding hydrogens is 940 g/mol. The van der Waals surface area contributed by atoms with E-state index in [0.29, 0.717) is 24.3 Å². The first-order chi connectivity index (χ1) is 33.0. The number of carbonyl (C=O) groups excluding carboxylic acids is 2. The number of para-hydroxylation sites is 2. The predicted octanol–water partition coefficient (Wildman–Crippen LogP) is 11.4. The Balaban J connectivity index is 0. The van der Waals surface area contributed by atoms with Gasteiger partial charge in [-0.1, -0.05) is 90.8 Å². The summed E-state index contributed by atoms with van der Waals surface area (Å²) in [5, 5.41) is 13.7. The van der Waals surface area contributed by atoms with Gasteiger partial charge in [-0.05, 0) is 177 Å². The average molecular weight is 1030 g/mol. The maximum Gasteiger partial charge on any atom is 0.236 e. The number of benzene rings is 2. The number of likely N-dealkylation sites (tertiary alicyclic amines) is 2. The van der Waals surface area contributed by atoms with Crippen LogP contribution in [0.3, 0.4) is 0 Å². The van der Waals surface area contributed by atoms with E-state index < -0.39 is 5.24 Å². The second-order valence-corrected chi connectivity index (χ2v) is 17.9. The van der Waals surface area contributed by atoms with Crippen molar-refractivity contribution < 1.29 is 19.1 Å². The molecule has 0 spiro atoms. The highest BCUT2D eigenvalue weighted by molar-refractivity contribution is 6.67. The number of piperidine rings is 4. The molecule has 15 heteroatoms. The fourth-order valence-corrected chi connectivity index (χ4v) is 8.13. The van der Waals surface area contributed by atoms with Gasteiger partial charge in [0, 0.05) is 20.0 Å². The molecule has 0 aliphatic carbocycles. The molecular formula is C53H93Cl4N7O4. The van der Waals surface area contributed by atoms with Crippen LogP contribution in [0.4, 0.5) is 0 Å². The number of methoxy groups -OCH3 is 2. The van der Waals surface area contributed by atoms with Crippen molar-refractivity contribution >= 4 is 57.6 Å². The summed E-state index contributed by atoms with van der Waals surface area (Å²) in [7, 11) is 3.48. The van der Waals surface area contributed by atoms with Crippen LogP contribution in [0, 0.1) is 11.3 Å². The highest BCUT2D eigenvalue weighted by Crippen LogP contribution is 2.34. The van der Waals surface area contributed by atoms with Gasteiger partial charge in [0.05, 0.1) is 38.1 Å². The largest absolute Gasteiger partial charge is 0.496 e. The number of carbonyl (C=O) groups is 2. The Hall–Kier alpha value is -2.37. The van der Waals surface area contributed by atoms with Crippen LogP contribution >= 0.6 is 46.4 Å². The molecule has 0 bridgehead atoms. The van der Waals surface area contributed by atoms with Crippen LogP contribution in [-0.4, -0.2) is 154 Å². The smallest absolute Gasteiger partial charge is 0.236 e. The van der Waals surface area contributed by atoms with Gasteiger partial charge >= 0.3 is 0 Å². The fourth-order valence-electron chi connectivity index (χ4n) is 8.13. The first kappa shape index (κ1) is 67.7. The molecule has 2 N–H and O–H groups in total. The van der Waals surface area contributed by atoms with Gasteiger partial charge in [0.15, 0.2) is 0 Å². The Labute approximate surface area is 435 Å². The van der Waals surface area contributed by atoms with Crippen molar-refractivity contribution in [2.45, 2.75) is 125 Å². The van der Waals surface area contributed by atoms with Crippen molar-refractivity contribution in [1.82, 2.24) is 30.2 Å². The molecule has 2 aromatic rings. The molecule has 4 heterocycles. The molecule has 68 heavy (non-hydrogen) atoms. The van der Waals surface area contributed by atoms with E-state index in [1.54, 1.807) is 20.3 Å². The van der Waals surface area contributed by atoms with Crippen molar-refractivity contribution in [3.8, 4) is 17.6 Å². The van der Waals surface area contributed by atoms with E-state index in [2.05, 4.69) is 102 Å². The summed E-state index contributed by atoms with van der Waals surface area (Å²) < 4.78 is 10.9. The van der Waals surface area contributed by atoms with Crippen LogP contribution in [-0.2, 0) is 9.59 Å². The van der Waals surface area contributed by atoms with Gasteiger partial charge in [-0.25, -0.2) is 0 Å². The molecule has 4 aliphatic rings. The van der Waals surface area contributed by atoms with Gasteiger partial charge in [0.2, 0.25) is 11.1 Å². The lowest BCUT2D eigenvalue weighted by Gasteiger charge is -2.35. The van der Waals surface area contributed by atoms with Crippen molar-refractivity contribution in [1.29, 1.82) is 5.26 Å². The van der Waals surface area contributed by atoms with Crippen LogP contribution in [0.15, 0.2) is 48.5 Å². The third kappa shape index (κ3) is 34.0. The lowest BCUT2D eigenvalue weighted by atomic mass is 9.89. The quantitative estimate of drug-likeness (QED) is 0.149. The van der Waals surface area contributed by atoms with Gasteiger partial charge in [0.1, 0.15) is 11.5 Å². The minimum absolute atomic E-state index is 0.0957. The van der Waals surface area contributed by atoms with Crippen LogP contribution in [0.25, 0.3) is 0 Å². The topological polar surface area (TPSA) is 113 Å². The second-order valence-electron chi connectivity index (χ2n) is 16.4. The predicted molar refractivity (Wildman–Crippen MR) is 293 cm³/mol. The van der Waals surface area contributed by atoms with Crippen LogP contribution in [0.1, 0.15) is 136 Å². The second kappa shape index (κ2) is 48.3. The molecule has 4 saturated heterocycles. The van der Waals surface area contributed by atoms with E-state index in [0.717, 1.165) is 63.6 Å². The SMILES string of the molecule is C1CCNCC1.CC#N.CCN(CC)CC.CCN(CC)CC.COc1ccccc1C1CCN(C(=O)CN2CCCCC2)CC1.COc1ccccc1C1CCNCC1.ClCCl.O=C(Cl)CCl. The zero-order valence-electron chi connectivity index (χ0n) is 43.7. The molecule has 1 amide bonds. The minimum Gasteiger partial charge on any atom is -0.496 e. The molecule has 0 radical (unpaired) electrons. The Kier molecular flexibility index (Phi) is 48.1. The summed E-state index contributed by atoms with van der Waals surface area (Å²) in [6, 6.07) is 18.4. The van der Waals surface area contributed by atoms with E-state index in [4.69, 9.17) is 61.1 Å². The van der Waals surface area contributed by atoms with Crippen LogP contribution in [0.5, 0.6) is 11.5 Å². The summed E-state index contributed by atoms with van der Waals surface area (Å²) >= 11 is 19.1. The molecule has 0 saturated carbocycles. The van der Waals surface area contributed by atoms with Crippen LogP contribution in [0.2, 0.25) is 0 Å². The normalized spacial score (nSPS) is 15.8. The summed E-state index contributed by atoms with van der Waals surface area (Å²) in [6.45, 7) is 31.0. The van der Waals surface area contributed by atoms with Gasteiger partial charge in [-0.15, -0.1) is 34.8 Å². The van der Waals surface area contributed by atoms with E-state index in [1.165, 1.54) is 122 Å². The summed E-state index contributed by atoms with van der Waals surface area (Å²) in [4.78, 5) is 31.1. The maximum atomic E-state index is 12.5. The Bertz CT molecular complexity index is 1460. The summed E-state index contributed by atoms with van der Waals surface area (Å²) in [5.41, 5.74) is 2.66. The van der Waals surface area contributed by atoms with Crippen molar-refractivity contribution in [2.24, 2.45) is 0 Å². The monoisotopic (exact) mass is 1030 g/mol. The summed E-state index contributed by atoms with van der Waals surface area (Å²) in [5.74, 6) is 3.41. The number of hydrogen-bond donors (Lipinski definition) is 2. The lowest BCUT2D eigenvalue weighted by Crippen LogP contribution is -2.45. The molecule has 0 unspecified atom stereocenters. The lowest BCUT2D eigenvalue weighted by molar-refractivity contribution is -0.133. The number of nitrogens with zero attached hydrogens (tertiary/aromatic N) is 5. The van der Waals surface area contributed by atoms with E-state index in [1.807, 2.05) is 18.2 Å². The highest BCUT2D eigenvalue weighted by atomic mass is 35.5. The maximum absolute atomic E-state index is 12.5. The molecule has 2 aromatic carbocycles. The number of rotatable bonds is 13. The number of alkyl halides is 3. The van der Waals surface area contributed by atoms with E-state index in [9.17, 15) is 9.59 Å². The Morgan fingerprint density at radius 1 is 0.632 bits per heavy atom. The van der Waals surface area contributed by atoms with E-state index in [-0.39, 0.29) is 11.2 Å². The zero-order valence-corrected chi connectivity index (χ0v) is 46.8. The number of amides is 1. The van der Waals surface area contributed by atoms with Crippen molar-refractivity contribution in [3.63, 3.8) is 0 Å². The van der Waals surface area contributed by atoms with Crippen LogP contribution < -0.4 is 20.1 Å². The molecule has 4 aliphatic heterocycles. The summed E-state index contributed by atoms with van der Waals surface area (Å²) in [6.07, 6.45) is 12.5. The highest BCUT2D eigenvalue weighted by Gasteiger charge is 2.27. The van der Waals surface area contributed by atoms with Gasteiger partial charge in [-0.3, -0.25) is 14.5 Å². The third-order valence-corrected chi connectivity index (χ3v) is 12.7. The van der Waals surface area contributed by atoms with Crippen molar-refractivity contribution in [3.05, 3.63) is 59.7 Å². The third-order valence-electron chi connectivity index (χ3n) is 12.1. The first-order valence-corrected chi connectivity index (χ1v) is 27.3. The number of nitriles is 1. The Morgan fingerprint density at radius 3 is 1.29 bits per heavy atom. The number of ether oxygens (including phenoxy) is 2. The molecule has 392 valence electrons.